The van der Waals surface area contributed by atoms with E-state index < -0.39 is 5.25 Å². The summed E-state index contributed by atoms with van der Waals surface area (Å²) in [7, 11) is 0. The number of amides is 1. The number of carbonyl (C=O) groups excluding carboxylic acids is 1. The number of benzene rings is 2. The molecule has 1 aromatic heterocycles. The number of hydrogen-bond donors (Lipinski definition) is 1. The number of rotatable bonds is 7. The van der Waals surface area contributed by atoms with E-state index in [9.17, 15) is 4.79 Å². The Morgan fingerprint density at radius 2 is 2.03 bits per heavy atom. The third-order valence-electron chi connectivity index (χ3n) is 4.30. The van der Waals surface area contributed by atoms with Gasteiger partial charge in [0.15, 0.2) is 11.5 Å². The fourth-order valence-corrected chi connectivity index (χ4v) is 3.69. The van der Waals surface area contributed by atoms with Crippen molar-refractivity contribution < 1.29 is 19.0 Å². The van der Waals surface area contributed by atoms with Gasteiger partial charge in [-0.2, -0.15) is 4.68 Å². The fraction of sp³-hybridized carbons (Fsp3) is 0.300. The lowest BCUT2D eigenvalue weighted by Crippen LogP contribution is -2.23. The summed E-state index contributed by atoms with van der Waals surface area (Å²) in [6.45, 7) is 5.24. The van der Waals surface area contributed by atoms with Crippen molar-refractivity contribution in [2.45, 2.75) is 24.3 Å². The zero-order valence-corrected chi connectivity index (χ0v) is 17.4. The molecule has 2 heterocycles. The lowest BCUT2D eigenvalue weighted by molar-refractivity contribution is -0.115. The van der Waals surface area contributed by atoms with Gasteiger partial charge in [-0.1, -0.05) is 23.9 Å². The summed E-state index contributed by atoms with van der Waals surface area (Å²) in [5.74, 6) is 1.79. The van der Waals surface area contributed by atoms with Gasteiger partial charge in [0.1, 0.15) is 24.7 Å². The monoisotopic (exact) mass is 427 g/mol. The predicted molar refractivity (Wildman–Crippen MR) is 112 cm³/mol. The van der Waals surface area contributed by atoms with Gasteiger partial charge >= 0.3 is 0 Å². The van der Waals surface area contributed by atoms with E-state index in [1.54, 1.807) is 29.8 Å². The van der Waals surface area contributed by atoms with Gasteiger partial charge in [0, 0.05) is 11.8 Å². The van der Waals surface area contributed by atoms with Crippen LogP contribution in [0.2, 0.25) is 0 Å². The van der Waals surface area contributed by atoms with Gasteiger partial charge in [-0.25, -0.2) is 0 Å². The SMILES string of the molecule is CCOc1ccccc1-n1nnnc1S[C@H](C)C(=O)Nc1ccc2c(c1)OCCO2. The molecule has 0 fully saturated rings. The third-order valence-corrected chi connectivity index (χ3v) is 5.33. The Kier molecular flexibility index (Phi) is 6.03. The second-order valence-electron chi connectivity index (χ2n) is 6.38. The van der Waals surface area contributed by atoms with E-state index in [4.69, 9.17) is 14.2 Å². The van der Waals surface area contributed by atoms with Gasteiger partial charge in [-0.3, -0.25) is 4.79 Å². The van der Waals surface area contributed by atoms with Crippen LogP contribution in [0.25, 0.3) is 5.69 Å². The summed E-state index contributed by atoms with van der Waals surface area (Å²) in [6.07, 6.45) is 0. The van der Waals surface area contributed by atoms with E-state index in [0.717, 1.165) is 0 Å². The maximum absolute atomic E-state index is 12.7. The molecular weight excluding hydrogens is 406 g/mol. The summed E-state index contributed by atoms with van der Waals surface area (Å²) in [4.78, 5) is 12.7. The van der Waals surface area contributed by atoms with Crippen LogP contribution in [-0.2, 0) is 4.79 Å². The Labute approximate surface area is 177 Å². The van der Waals surface area contributed by atoms with E-state index in [1.165, 1.54) is 11.8 Å². The standard InChI is InChI=1S/C20H21N5O4S/c1-3-27-16-7-5-4-6-15(16)25-20(22-23-24-25)30-13(2)19(26)21-14-8-9-17-18(12-14)29-11-10-28-17/h4-9,12-13H,3,10-11H2,1-2H3,(H,21,26)/t13-/m1/s1. The van der Waals surface area contributed by atoms with E-state index in [0.29, 0.717) is 53.6 Å². The second kappa shape index (κ2) is 9.04. The molecule has 0 spiro atoms. The molecule has 1 amide bonds. The number of ether oxygens (including phenoxy) is 3. The smallest absolute Gasteiger partial charge is 0.237 e. The Balaban J connectivity index is 1.47. The highest BCUT2D eigenvalue weighted by atomic mass is 32.2. The molecule has 1 atom stereocenters. The number of tetrazole rings is 1. The van der Waals surface area contributed by atoms with Crippen molar-refractivity contribution in [2.75, 3.05) is 25.1 Å². The van der Waals surface area contributed by atoms with Crippen molar-refractivity contribution in [2.24, 2.45) is 0 Å². The van der Waals surface area contributed by atoms with Crippen LogP contribution in [0.15, 0.2) is 47.6 Å². The van der Waals surface area contributed by atoms with Gasteiger partial charge in [0.05, 0.1) is 11.9 Å². The lowest BCUT2D eigenvalue weighted by Gasteiger charge is -2.19. The zero-order chi connectivity index (χ0) is 20.9. The molecule has 0 saturated heterocycles. The van der Waals surface area contributed by atoms with Gasteiger partial charge in [0.2, 0.25) is 11.1 Å². The number of thioether (sulfide) groups is 1. The number of nitrogens with zero attached hydrogens (tertiary/aromatic N) is 4. The topological polar surface area (TPSA) is 100 Å². The Hall–Kier alpha value is -3.27. The minimum absolute atomic E-state index is 0.177. The Bertz CT molecular complexity index is 1040. The van der Waals surface area contributed by atoms with Crippen molar-refractivity contribution in [3.8, 4) is 22.9 Å². The van der Waals surface area contributed by atoms with Gasteiger partial charge in [-0.15, -0.1) is 5.10 Å². The van der Waals surface area contributed by atoms with Gasteiger partial charge in [-0.05, 0) is 48.5 Å². The molecule has 0 radical (unpaired) electrons. The van der Waals surface area contributed by atoms with Crippen molar-refractivity contribution >= 4 is 23.4 Å². The van der Waals surface area contributed by atoms with Crippen LogP contribution in [0, 0.1) is 0 Å². The quantitative estimate of drug-likeness (QED) is 0.575. The molecule has 0 aliphatic carbocycles. The summed E-state index contributed by atoms with van der Waals surface area (Å²) in [5, 5.41) is 14.9. The minimum atomic E-state index is -0.442. The van der Waals surface area contributed by atoms with E-state index in [-0.39, 0.29) is 5.91 Å². The summed E-state index contributed by atoms with van der Waals surface area (Å²) in [5.41, 5.74) is 1.35. The van der Waals surface area contributed by atoms with Crippen LogP contribution in [0.3, 0.4) is 0 Å². The molecule has 0 unspecified atom stereocenters. The third kappa shape index (κ3) is 4.33. The van der Waals surface area contributed by atoms with E-state index in [1.807, 2.05) is 31.2 Å². The van der Waals surface area contributed by atoms with Crippen LogP contribution >= 0.6 is 11.8 Å². The average Bonchev–Trinajstić information content (AvgIpc) is 3.22. The number of hydrogen-bond acceptors (Lipinski definition) is 8. The molecule has 2 aromatic carbocycles. The molecule has 4 rings (SSSR count). The molecular formula is C20H21N5O4S. The van der Waals surface area contributed by atoms with Crippen LogP contribution in [0.5, 0.6) is 17.2 Å². The molecule has 0 saturated carbocycles. The minimum Gasteiger partial charge on any atom is -0.492 e. The normalized spacial score (nSPS) is 13.5. The number of fused-ring (bicyclic) bond motifs is 1. The number of para-hydroxylation sites is 2. The maximum atomic E-state index is 12.7. The first kappa shape index (κ1) is 20.0. The Morgan fingerprint density at radius 3 is 2.87 bits per heavy atom. The molecule has 9 nitrogen and oxygen atoms in total. The van der Waals surface area contributed by atoms with Gasteiger partial charge < -0.3 is 19.5 Å². The maximum Gasteiger partial charge on any atom is 0.237 e. The number of aromatic nitrogens is 4. The average molecular weight is 427 g/mol. The van der Waals surface area contributed by atoms with E-state index >= 15 is 0 Å². The van der Waals surface area contributed by atoms with Gasteiger partial charge in [0.25, 0.3) is 0 Å². The second-order valence-corrected chi connectivity index (χ2v) is 7.69. The fourth-order valence-electron chi connectivity index (χ4n) is 2.89. The molecule has 156 valence electrons. The van der Waals surface area contributed by atoms with Crippen LogP contribution in [0.1, 0.15) is 13.8 Å². The molecule has 0 bridgehead atoms. The van der Waals surface area contributed by atoms with Crippen molar-refractivity contribution in [1.82, 2.24) is 20.2 Å². The van der Waals surface area contributed by atoms with Crippen LogP contribution in [-0.4, -0.2) is 51.2 Å². The summed E-state index contributed by atoms with van der Waals surface area (Å²) in [6, 6.07) is 12.8. The van der Waals surface area contributed by atoms with Crippen LogP contribution < -0.4 is 19.5 Å². The van der Waals surface area contributed by atoms with Crippen molar-refractivity contribution in [3.05, 3.63) is 42.5 Å². The van der Waals surface area contributed by atoms with Crippen molar-refractivity contribution in [3.63, 3.8) is 0 Å². The molecule has 3 aromatic rings. The number of carbonyl (C=O) groups is 1. The van der Waals surface area contributed by atoms with Crippen LogP contribution in [0.4, 0.5) is 5.69 Å². The lowest BCUT2D eigenvalue weighted by atomic mass is 10.2. The first-order valence-corrected chi connectivity index (χ1v) is 10.4. The molecule has 30 heavy (non-hydrogen) atoms. The first-order valence-electron chi connectivity index (χ1n) is 9.53. The van der Waals surface area contributed by atoms with E-state index in [2.05, 4.69) is 20.8 Å². The zero-order valence-electron chi connectivity index (χ0n) is 16.6. The predicted octanol–water partition coefficient (Wildman–Crippen LogP) is 2.95. The number of anilines is 1. The summed E-state index contributed by atoms with van der Waals surface area (Å²) < 4.78 is 18.3. The highest BCUT2D eigenvalue weighted by Crippen LogP contribution is 2.33. The van der Waals surface area contributed by atoms with Crippen molar-refractivity contribution in [1.29, 1.82) is 0 Å². The first-order chi connectivity index (χ1) is 14.7. The largest absolute Gasteiger partial charge is 0.492 e. The number of nitrogens with one attached hydrogen (secondary N) is 1. The molecule has 1 N–H and O–H groups in total. The molecule has 1 aliphatic heterocycles. The Morgan fingerprint density at radius 1 is 1.23 bits per heavy atom. The summed E-state index contributed by atoms with van der Waals surface area (Å²) >= 11 is 1.26. The highest BCUT2D eigenvalue weighted by Gasteiger charge is 2.21. The molecule has 10 heteroatoms. The highest BCUT2D eigenvalue weighted by molar-refractivity contribution is 8.00. The molecule has 1 aliphatic rings.